The summed E-state index contributed by atoms with van der Waals surface area (Å²) in [6.07, 6.45) is 1.90. The van der Waals surface area contributed by atoms with Gasteiger partial charge in [-0.3, -0.25) is 0 Å². The minimum atomic E-state index is -0.663. The molecule has 0 aliphatic heterocycles. The average molecular weight is 309 g/mol. The van der Waals surface area contributed by atoms with Gasteiger partial charge in [0, 0.05) is 15.2 Å². The predicted octanol–water partition coefficient (Wildman–Crippen LogP) is 3.15. The van der Waals surface area contributed by atoms with E-state index in [9.17, 15) is 8.78 Å². The Morgan fingerprint density at radius 3 is 2.36 bits per heavy atom. The Morgan fingerprint density at radius 1 is 1.43 bits per heavy atom. The van der Waals surface area contributed by atoms with E-state index in [2.05, 4.69) is 6.58 Å². The van der Waals surface area contributed by atoms with Gasteiger partial charge in [-0.15, -0.1) is 6.58 Å². The number of hydrogen-bond donors (Lipinski definition) is 1. The summed E-state index contributed by atoms with van der Waals surface area (Å²) in [7, 11) is 0. The molecule has 0 aromatic heterocycles. The first-order valence-corrected chi connectivity index (χ1v) is 5.15. The zero-order chi connectivity index (χ0) is 10.7. The highest BCUT2D eigenvalue weighted by molar-refractivity contribution is 14.1. The van der Waals surface area contributed by atoms with Crippen molar-refractivity contribution < 1.29 is 8.78 Å². The van der Waals surface area contributed by atoms with Crippen LogP contribution >= 0.6 is 22.6 Å². The Labute approximate surface area is 95.1 Å². The molecular formula is C10H10F2IN. The summed E-state index contributed by atoms with van der Waals surface area (Å²) in [4.78, 5) is 0. The summed E-state index contributed by atoms with van der Waals surface area (Å²) in [5.41, 5.74) is 5.54. The van der Waals surface area contributed by atoms with Gasteiger partial charge in [0.15, 0.2) is 0 Å². The smallest absolute Gasteiger partial charge is 0.131 e. The molecule has 0 saturated heterocycles. The van der Waals surface area contributed by atoms with Gasteiger partial charge < -0.3 is 5.73 Å². The molecule has 2 N–H and O–H groups in total. The lowest BCUT2D eigenvalue weighted by atomic mass is 10.0. The fourth-order valence-corrected chi connectivity index (χ4v) is 1.75. The molecule has 1 nitrogen and oxygen atoms in total. The quantitative estimate of drug-likeness (QED) is 0.674. The highest BCUT2D eigenvalue weighted by Crippen LogP contribution is 2.23. The number of nitrogens with two attached hydrogens (primary N) is 1. The van der Waals surface area contributed by atoms with Crippen molar-refractivity contribution in [3.8, 4) is 0 Å². The summed E-state index contributed by atoms with van der Waals surface area (Å²) in [6, 6.07) is 1.87. The van der Waals surface area contributed by atoms with E-state index in [1.54, 1.807) is 6.08 Å². The van der Waals surface area contributed by atoms with E-state index in [4.69, 9.17) is 5.73 Å². The molecule has 1 atom stereocenters. The molecule has 0 fully saturated rings. The van der Waals surface area contributed by atoms with Crippen LogP contribution in [0.5, 0.6) is 0 Å². The summed E-state index contributed by atoms with van der Waals surface area (Å²) in [5.74, 6) is -1.19. The largest absolute Gasteiger partial charge is 0.324 e. The number of rotatable bonds is 3. The van der Waals surface area contributed by atoms with Gasteiger partial charge >= 0.3 is 0 Å². The number of benzene rings is 1. The maximum atomic E-state index is 13.3. The first-order valence-electron chi connectivity index (χ1n) is 4.07. The molecule has 1 rings (SSSR count). The molecule has 0 aliphatic rings. The summed E-state index contributed by atoms with van der Waals surface area (Å²) < 4.78 is 27.2. The molecule has 14 heavy (non-hydrogen) atoms. The lowest BCUT2D eigenvalue weighted by molar-refractivity contribution is 0.526. The van der Waals surface area contributed by atoms with Gasteiger partial charge in [0.25, 0.3) is 0 Å². The zero-order valence-electron chi connectivity index (χ0n) is 7.43. The normalized spacial score (nSPS) is 12.6. The topological polar surface area (TPSA) is 26.0 Å². The first kappa shape index (κ1) is 11.6. The molecule has 0 bridgehead atoms. The summed E-state index contributed by atoms with van der Waals surface area (Å²) in [5, 5.41) is 0. The third-order valence-corrected chi connectivity index (χ3v) is 2.46. The van der Waals surface area contributed by atoms with E-state index in [0.717, 1.165) is 0 Å². The molecule has 0 radical (unpaired) electrons. The Morgan fingerprint density at radius 2 is 1.93 bits per heavy atom. The zero-order valence-corrected chi connectivity index (χ0v) is 9.59. The maximum Gasteiger partial charge on any atom is 0.131 e. The molecule has 0 amide bonds. The van der Waals surface area contributed by atoms with Gasteiger partial charge in [-0.2, -0.15) is 0 Å². The highest BCUT2D eigenvalue weighted by atomic mass is 127. The second-order valence-corrected chi connectivity index (χ2v) is 4.16. The van der Waals surface area contributed by atoms with Crippen molar-refractivity contribution in [2.45, 2.75) is 12.5 Å². The van der Waals surface area contributed by atoms with Crippen molar-refractivity contribution >= 4 is 22.6 Å². The van der Waals surface area contributed by atoms with E-state index >= 15 is 0 Å². The van der Waals surface area contributed by atoms with Crippen molar-refractivity contribution in [2.24, 2.45) is 5.73 Å². The molecule has 0 heterocycles. The molecule has 1 aromatic carbocycles. The summed E-state index contributed by atoms with van der Waals surface area (Å²) >= 11 is 1.85. The van der Waals surface area contributed by atoms with Gasteiger partial charge in [0.1, 0.15) is 11.6 Å². The lowest BCUT2D eigenvalue weighted by Crippen LogP contribution is -2.13. The van der Waals surface area contributed by atoms with Gasteiger partial charge in [0.05, 0.1) is 0 Å². The molecule has 76 valence electrons. The summed E-state index contributed by atoms with van der Waals surface area (Å²) in [6.45, 7) is 3.48. The van der Waals surface area contributed by atoms with Crippen LogP contribution in [0, 0.1) is 15.2 Å². The van der Waals surface area contributed by atoms with Crippen LogP contribution in [-0.4, -0.2) is 0 Å². The van der Waals surface area contributed by atoms with E-state index in [0.29, 0.717) is 9.99 Å². The number of halogens is 3. The minimum absolute atomic E-state index is 0.0645. The number of hydrogen-bond acceptors (Lipinski definition) is 1. The second kappa shape index (κ2) is 4.84. The van der Waals surface area contributed by atoms with Crippen LogP contribution < -0.4 is 5.73 Å². The standard InChI is InChI=1S/C10H10F2IN/c1-2-3-9(14)10-7(11)4-6(13)5-8(10)12/h2,4-5,9H,1,3,14H2/t9-/m1/s1. The third-order valence-electron chi connectivity index (χ3n) is 1.84. The van der Waals surface area contributed by atoms with Crippen molar-refractivity contribution in [2.75, 3.05) is 0 Å². The maximum absolute atomic E-state index is 13.3. The van der Waals surface area contributed by atoms with Crippen LogP contribution in [0.3, 0.4) is 0 Å². The minimum Gasteiger partial charge on any atom is -0.324 e. The van der Waals surface area contributed by atoms with Crippen LogP contribution in [-0.2, 0) is 0 Å². The molecule has 0 saturated carbocycles. The van der Waals surface area contributed by atoms with Gasteiger partial charge in [0.2, 0.25) is 0 Å². The van der Waals surface area contributed by atoms with E-state index < -0.39 is 17.7 Å². The average Bonchev–Trinajstić information content (AvgIpc) is 2.01. The fraction of sp³-hybridized carbons (Fsp3) is 0.200. The Kier molecular flexibility index (Phi) is 4.00. The Bertz CT molecular complexity index is 329. The molecule has 0 unspecified atom stereocenters. The third kappa shape index (κ3) is 2.51. The Balaban J connectivity index is 3.13. The van der Waals surface area contributed by atoms with Gasteiger partial charge in [-0.25, -0.2) is 8.78 Å². The van der Waals surface area contributed by atoms with Crippen LogP contribution in [0.25, 0.3) is 0 Å². The van der Waals surface area contributed by atoms with E-state index in [-0.39, 0.29) is 5.56 Å². The van der Waals surface area contributed by atoms with Crippen molar-refractivity contribution in [1.29, 1.82) is 0 Å². The van der Waals surface area contributed by atoms with E-state index in [1.807, 2.05) is 22.6 Å². The molecule has 4 heteroatoms. The second-order valence-electron chi connectivity index (χ2n) is 2.91. The van der Waals surface area contributed by atoms with Crippen LogP contribution in [0.15, 0.2) is 24.8 Å². The lowest BCUT2D eigenvalue weighted by Gasteiger charge is -2.11. The predicted molar refractivity (Wildman–Crippen MR) is 60.8 cm³/mol. The fourth-order valence-electron chi connectivity index (χ4n) is 1.20. The van der Waals surface area contributed by atoms with E-state index in [1.165, 1.54) is 12.1 Å². The van der Waals surface area contributed by atoms with Crippen LogP contribution in [0.1, 0.15) is 18.0 Å². The monoisotopic (exact) mass is 309 g/mol. The van der Waals surface area contributed by atoms with Crippen LogP contribution in [0.2, 0.25) is 0 Å². The molecule has 0 aliphatic carbocycles. The first-order chi connectivity index (χ1) is 6.56. The van der Waals surface area contributed by atoms with Crippen LogP contribution in [0.4, 0.5) is 8.78 Å². The highest BCUT2D eigenvalue weighted by Gasteiger charge is 2.16. The molecule has 1 aromatic rings. The van der Waals surface area contributed by atoms with Crippen molar-refractivity contribution in [1.82, 2.24) is 0 Å². The van der Waals surface area contributed by atoms with Gasteiger partial charge in [-0.1, -0.05) is 6.08 Å². The molecule has 0 spiro atoms. The molecular weight excluding hydrogens is 299 g/mol. The van der Waals surface area contributed by atoms with Gasteiger partial charge in [-0.05, 0) is 41.1 Å². The Hall–Kier alpha value is -0.490. The van der Waals surface area contributed by atoms with Crippen molar-refractivity contribution in [3.05, 3.63) is 45.6 Å². The SMILES string of the molecule is C=CC[C@@H](N)c1c(F)cc(I)cc1F. The van der Waals surface area contributed by atoms with Crippen molar-refractivity contribution in [3.63, 3.8) is 0 Å².